The monoisotopic (exact) mass is 355 g/mol. The molecule has 0 bridgehead atoms. The van der Waals surface area contributed by atoms with Gasteiger partial charge in [-0.3, -0.25) is 9.69 Å². The minimum atomic E-state index is -0.696. The van der Waals surface area contributed by atoms with Crippen LogP contribution in [-0.4, -0.2) is 22.2 Å². The summed E-state index contributed by atoms with van der Waals surface area (Å²) in [6.07, 6.45) is 2.07. The summed E-state index contributed by atoms with van der Waals surface area (Å²) in [7, 11) is 0. The molecule has 2 atom stereocenters. The van der Waals surface area contributed by atoms with E-state index in [1.165, 1.54) is 11.8 Å². The Labute approximate surface area is 150 Å². The molecular formula is C19H17NO2S2. The molecule has 4 rings (SSSR count). The minimum Gasteiger partial charge on any atom is -0.333 e. The van der Waals surface area contributed by atoms with Crippen LogP contribution in [0, 0.1) is 0 Å². The first kappa shape index (κ1) is 15.8. The normalized spacial score (nSPS) is 28.2. The first-order valence-electron chi connectivity index (χ1n) is 7.85. The van der Waals surface area contributed by atoms with E-state index in [0.29, 0.717) is 4.91 Å². The fourth-order valence-electron chi connectivity index (χ4n) is 2.82. The van der Waals surface area contributed by atoms with Gasteiger partial charge in [0.1, 0.15) is 0 Å². The van der Waals surface area contributed by atoms with Gasteiger partial charge < -0.3 is 4.74 Å². The second-order valence-corrected chi connectivity index (χ2v) is 8.39. The number of ether oxygens (including phenoxy) is 1. The summed E-state index contributed by atoms with van der Waals surface area (Å²) >= 11 is 3.19. The number of hydrogen-bond acceptors (Lipinski definition) is 4. The molecule has 2 aromatic rings. The van der Waals surface area contributed by atoms with Gasteiger partial charge in [-0.15, -0.1) is 0 Å². The van der Waals surface area contributed by atoms with E-state index in [4.69, 9.17) is 4.74 Å². The highest BCUT2D eigenvalue weighted by Gasteiger charge is 2.55. The molecule has 24 heavy (non-hydrogen) atoms. The first-order chi connectivity index (χ1) is 11.7. The third kappa shape index (κ3) is 2.77. The SMILES string of the molecule is C[C@H]1CS[C@]2(O1)S/C(=C\c1ccccc1)C(=O)N2c1ccccc1. The van der Waals surface area contributed by atoms with E-state index in [1.807, 2.05) is 66.7 Å². The lowest BCUT2D eigenvalue weighted by Crippen LogP contribution is -2.42. The second-order valence-electron chi connectivity index (χ2n) is 5.76. The Kier molecular flexibility index (Phi) is 4.16. The molecule has 2 aliphatic rings. The fourth-order valence-corrected chi connectivity index (χ4v) is 5.74. The maximum Gasteiger partial charge on any atom is 0.268 e. The minimum absolute atomic E-state index is 0.00310. The fraction of sp³-hybridized carbons (Fsp3) is 0.211. The first-order valence-corrected chi connectivity index (χ1v) is 9.65. The summed E-state index contributed by atoms with van der Waals surface area (Å²) in [5.74, 6) is 0.874. The summed E-state index contributed by atoms with van der Waals surface area (Å²) in [6.45, 7) is 2.05. The number of hydrogen-bond donors (Lipinski definition) is 0. The van der Waals surface area contributed by atoms with Gasteiger partial charge in [0.15, 0.2) is 0 Å². The van der Waals surface area contributed by atoms with Gasteiger partial charge in [0.25, 0.3) is 10.3 Å². The third-order valence-corrected chi connectivity index (χ3v) is 6.82. The summed E-state index contributed by atoms with van der Waals surface area (Å²) < 4.78 is 5.51. The molecule has 1 spiro atoms. The highest BCUT2D eigenvalue weighted by atomic mass is 32.2. The van der Waals surface area contributed by atoms with Crippen molar-refractivity contribution >= 4 is 41.2 Å². The largest absolute Gasteiger partial charge is 0.333 e. The van der Waals surface area contributed by atoms with Gasteiger partial charge >= 0.3 is 0 Å². The van der Waals surface area contributed by atoms with Crippen LogP contribution < -0.4 is 4.90 Å². The van der Waals surface area contributed by atoms with Crippen molar-refractivity contribution in [3.63, 3.8) is 0 Å². The van der Waals surface area contributed by atoms with Crippen LogP contribution in [0.15, 0.2) is 65.6 Å². The molecule has 0 saturated carbocycles. The van der Waals surface area contributed by atoms with Gasteiger partial charge in [-0.25, -0.2) is 0 Å². The molecule has 2 aromatic carbocycles. The Balaban J connectivity index is 1.76. The van der Waals surface area contributed by atoms with E-state index in [1.54, 1.807) is 16.7 Å². The molecule has 2 heterocycles. The van der Waals surface area contributed by atoms with Crippen molar-refractivity contribution in [2.75, 3.05) is 10.7 Å². The number of thioether (sulfide) groups is 2. The molecule has 0 unspecified atom stereocenters. The van der Waals surface area contributed by atoms with E-state index < -0.39 is 4.39 Å². The molecule has 0 aromatic heterocycles. The van der Waals surface area contributed by atoms with Crippen LogP contribution in [0.25, 0.3) is 6.08 Å². The second kappa shape index (κ2) is 6.31. The van der Waals surface area contributed by atoms with Crippen molar-refractivity contribution in [3.8, 4) is 0 Å². The average molecular weight is 355 g/mol. The van der Waals surface area contributed by atoms with Gasteiger partial charge in [0.2, 0.25) is 0 Å². The maximum absolute atomic E-state index is 13.1. The number of benzene rings is 2. The zero-order valence-corrected chi connectivity index (χ0v) is 14.8. The van der Waals surface area contributed by atoms with Crippen molar-refractivity contribution in [3.05, 3.63) is 71.1 Å². The lowest BCUT2D eigenvalue weighted by atomic mass is 10.2. The van der Waals surface area contributed by atoms with E-state index in [2.05, 4.69) is 6.92 Å². The van der Waals surface area contributed by atoms with Gasteiger partial charge in [0.05, 0.1) is 11.0 Å². The quantitative estimate of drug-likeness (QED) is 0.738. The zero-order valence-electron chi connectivity index (χ0n) is 13.2. The average Bonchev–Trinajstić information content (AvgIpc) is 3.09. The van der Waals surface area contributed by atoms with Crippen molar-refractivity contribution < 1.29 is 9.53 Å². The summed E-state index contributed by atoms with van der Waals surface area (Å²) in [4.78, 5) is 15.6. The number of anilines is 1. The lowest BCUT2D eigenvalue weighted by molar-refractivity contribution is -0.115. The van der Waals surface area contributed by atoms with Crippen LogP contribution in [0.1, 0.15) is 12.5 Å². The lowest BCUT2D eigenvalue weighted by Gasteiger charge is -2.31. The number of rotatable bonds is 2. The maximum atomic E-state index is 13.1. The number of para-hydroxylation sites is 1. The summed E-state index contributed by atoms with van der Waals surface area (Å²) in [5, 5.41) is 0. The van der Waals surface area contributed by atoms with Gasteiger partial charge in [-0.1, -0.05) is 72.1 Å². The highest BCUT2D eigenvalue weighted by Crippen LogP contribution is 2.57. The molecule has 2 saturated heterocycles. The number of amides is 1. The molecule has 3 nitrogen and oxygen atoms in total. The van der Waals surface area contributed by atoms with Crippen molar-refractivity contribution in [1.82, 2.24) is 0 Å². The molecule has 0 aliphatic carbocycles. The smallest absolute Gasteiger partial charge is 0.268 e. The van der Waals surface area contributed by atoms with E-state index in [-0.39, 0.29) is 12.0 Å². The molecule has 2 aliphatic heterocycles. The Morgan fingerprint density at radius 3 is 2.42 bits per heavy atom. The summed E-state index contributed by atoms with van der Waals surface area (Å²) in [6, 6.07) is 19.7. The Bertz CT molecular complexity index is 778. The Morgan fingerprint density at radius 1 is 1.12 bits per heavy atom. The molecule has 5 heteroatoms. The standard InChI is InChI=1S/C19H17NO2S2/c1-14-13-23-19(22-14)20(16-10-6-3-7-11-16)18(21)17(24-19)12-15-8-4-2-5-9-15/h2-12,14H,13H2,1H3/b17-12-/t14-,19-/m0/s1. The van der Waals surface area contributed by atoms with Gasteiger partial charge in [-0.2, -0.15) is 0 Å². The highest BCUT2D eigenvalue weighted by molar-refractivity contribution is 8.21. The number of carbonyl (C=O) groups is 1. The number of carbonyl (C=O) groups excluding carboxylic acids is 1. The predicted octanol–water partition coefficient (Wildman–Crippen LogP) is 4.57. The van der Waals surface area contributed by atoms with Crippen LogP contribution >= 0.6 is 23.5 Å². The van der Waals surface area contributed by atoms with Crippen molar-refractivity contribution in [2.45, 2.75) is 17.4 Å². The topological polar surface area (TPSA) is 29.5 Å². The van der Waals surface area contributed by atoms with Crippen LogP contribution in [0.3, 0.4) is 0 Å². The number of nitrogens with zero attached hydrogens (tertiary/aromatic N) is 1. The zero-order chi connectivity index (χ0) is 16.6. The van der Waals surface area contributed by atoms with E-state index in [0.717, 1.165) is 17.0 Å². The molecule has 1 amide bonds. The van der Waals surface area contributed by atoms with E-state index in [9.17, 15) is 4.79 Å². The van der Waals surface area contributed by atoms with E-state index >= 15 is 0 Å². The molecule has 0 radical (unpaired) electrons. The van der Waals surface area contributed by atoms with Gasteiger partial charge in [-0.05, 0) is 30.7 Å². The van der Waals surface area contributed by atoms with Crippen LogP contribution in [0.4, 0.5) is 5.69 Å². The molecular weight excluding hydrogens is 338 g/mol. The van der Waals surface area contributed by atoms with Crippen LogP contribution in [0.2, 0.25) is 0 Å². The molecule has 0 N–H and O–H groups in total. The summed E-state index contributed by atoms with van der Waals surface area (Å²) in [5.41, 5.74) is 1.89. The third-order valence-electron chi connectivity index (χ3n) is 3.89. The Hall–Kier alpha value is -1.69. The van der Waals surface area contributed by atoms with Crippen LogP contribution in [0.5, 0.6) is 0 Å². The van der Waals surface area contributed by atoms with Gasteiger partial charge in [0, 0.05) is 11.4 Å². The van der Waals surface area contributed by atoms with Crippen LogP contribution in [-0.2, 0) is 9.53 Å². The van der Waals surface area contributed by atoms with Crippen molar-refractivity contribution in [2.24, 2.45) is 0 Å². The molecule has 2 fully saturated rings. The molecule has 122 valence electrons. The Morgan fingerprint density at radius 2 is 1.79 bits per heavy atom. The van der Waals surface area contributed by atoms with Crippen molar-refractivity contribution in [1.29, 1.82) is 0 Å². The predicted molar refractivity (Wildman–Crippen MR) is 102 cm³/mol.